The van der Waals surface area contributed by atoms with Crippen molar-refractivity contribution in [2.45, 2.75) is 19.3 Å². The van der Waals surface area contributed by atoms with E-state index < -0.39 is 0 Å². The largest absolute Gasteiger partial charge is 0.310 e. The maximum atomic E-state index is 2.43. The Labute approximate surface area is 358 Å². The summed E-state index contributed by atoms with van der Waals surface area (Å²) in [6, 6.07) is 84.2. The van der Waals surface area contributed by atoms with Crippen LogP contribution in [0.25, 0.3) is 54.9 Å². The van der Waals surface area contributed by atoms with E-state index in [0.29, 0.717) is 0 Å². The van der Waals surface area contributed by atoms with Gasteiger partial charge in [0.25, 0.3) is 0 Å². The van der Waals surface area contributed by atoms with Gasteiger partial charge in [-0.25, -0.2) is 0 Å². The molecule has 0 bridgehead atoms. The highest BCUT2D eigenvalue weighted by molar-refractivity contribution is 5.94. The Morgan fingerprint density at radius 1 is 0.262 bits per heavy atom. The molecule has 10 aromatic rings. The summed E-state index contributed by atoms with van der Waals surface area (Å²) in [5, 5.41) is 4.92. The second kappa shape index (κ2) is 14.9. The highest BCUT2D eigenvalue weighted by Gasteiger charge is 2.37. The van der Waals surface area contributed by atoms with Crippen LogP contribution in [0, 0.1) is 0 Å². The van der Waals surface area contributed by atoms with Crippen LogP contribution in [-0.4, -0.2) is 0 Å². The zero-order valence-corrected chi connectivity index (χ0v) is 34.3. The van der Waals surface area contributed by atoms with Crippen molar-refractivity contribution in [2.75, 3.05) is 9.80 Å². The number of fused-ring (bicyclic) bond motifs is 5. The third kappa shape index (κ3) is 6.54. The SMILES string of the molecule is CC1(C)c2cc(N(c3ccc(-c4ccccc4)cc3)c3ccc(-c4ccccc4)cc3)ccc2-c2ccc(N(c3ccc4ccccc4c3)c3ccc4ccccc4c3)cc21. The van der Waals surface area contributed by atoms with Crippen LogP contribution in [-0.2, 0) is 5.41 Å². The molecule has 0 aliphatic heterocycles. The van der Waals surface area contributed by atoms with E-state index in [1.165, 1.54) is 66.1 Å². The first-order valence-electron chi connectivity index (χ1n) is 21.2. The van der Waals surface area contributed by atoms with Crippen molar-refractivity contribution >= 4 is 55.7 Å². The van der Waals surface area contributed by atoms with Crippen molar-refractivity contribution in [3.8, 4) is 33.4 Å². The van der Waals surface area contributed by atoms with Gasteiger partial charge in [-0.15, -0.1) is 0 Å². The Morgan fingerprint density at radius 3 is 1.00 bits per heavy atom. The molecule has 61 heavy (non-hydrogen) atoms. The van der Waals surface area contributed by atoms with Crippen LogP contribution in [0.3, 0.4) is 0 Å². The van der Waals surface area contributed by atoms with Gasteiger partial charge < -0.3 is 9.80 Å². The Balaban J connectivity index is 1.01. The summed E-state index contributed by atoms with van der Waals surface area (Å²) in [5.74, 6) is 0. The van der Waals surface area contributed by atoms with Crippen LogP contribution in [0.1, 0.15) is 25.0 Å². The van der Waals surface area contributed by atoms with Gasteiger partial charge in [0, 0.05) is 39.5 Å². The molecule has 0 aromatic heterocycles. The fourth-order valence-electron chi connectivity index (χ4n) is 9.38. The molecular weight excluding hydrogens is 737 g/mol. The molecule has 290 valence electrons. The van der Waals surface area contributed by atoms with E-state index >= 15 is 0 Å². The Bertz CT molecular complexity index is 3040. The monoisotopic (exact) mass is 780 g/mol. The first kappa shape index (κ1) is 36.4. The average molecular weight is 781 g/mol. The van der Waals surface area contributed by atoms with E-state index in [1.54, 1.807) is 0 Å². The van der Waals surface area contributed by atoms with Gasteiger partial charge >= 0.3 is 0 Å². The molecule has 1 aliphatic rings. The lowest BCUT2D eigenvalue weighted by Gasteiger charge is -2.29. The van der Waals surface area contributed by atoms with E-state index in [-0.39, 0.29) is 5.41 Å². The van der Waals surface area contributed by atoms with Gasteiger partial charge in [-0.2, -0.15) is 0 Å². The molecule has 2 heteroatoms. The van der Waals surface area contributed by atoms with Gasteiger partial charge in [0.1, 0.15) is 0 Å². The van der Waals surface area contributed by atoms with Gasteiger partial charge in [-0.3, -0.25) is 0 Å². The van der Waals surface area contributed by atoms with E-state index in [9.17, 15) is 0 Å². The number of anilines is 6. The lowest BCUT2D eigenvalue weighted by atomic mass is 9.82. The molecule has 0 spiro atoms. The van der Waals surface area contributed by atoms with Gasteiger partial charge in [-0.1, -0.05) is 172 Å². The Hall–Kier alpha value is -7.68. The molecule has 0 heterocycles. The lowest BCUT2D eigenvalue weighted by Crippen LogP contribution is -2.17. The fourth-order valence-corrected chi connectivity index (χ4v) is 9.38. The Kier molecular flexibility index (Phi) is 8.86. The third-order valence-corrected chi connectivity index (χ3v) is 12.6. The molecule has 0 saturated carbocycles. The molecule has 0 N–H and O–H groups in total. The maximum absolute atomic E-state index is 2.43. The van der Waals surface area contributed by atoms with Crippen LogP contribution in [0.4, 0.5) is 34.1 Å². The van der Waals surface area contributed by atoms with Crippen LogP contribution < -0.4 is 9.80 Å². The van der Waals surface area contributed by atoms with Crippen LogP contribution in [0.5, 0.6) is 0 Å². The van der Waals surface area contributed by atoms with Crippen molar-refractivity contribution in [2.24, 2.45) is 0 Å². The molecule has 0 radical (unpaired) electrons. The second-order valence-electron chi connectivity index (χ2n) is 16.6. The fraction of sp³-hybridized carbons (Fsp3) is 0.0508. The summed E-state index contributed by atoms with van der Waals surface area (Å²) in [4.78, 5) is 4.82. The minimum absolute atomic E-state index is 0.255. The average Bonchev–Trinajstić information content (AvgIpc) is 3.54. The highest BCUT2D eigenvalue weighted by atomic mass is 15.1. The van der Waals surface area contributed by atoms with Crippen LogP contribution >= 0.6 is 0 Å². The molecule has 0 unspecified atom stereocenters. The molecule has 0 atom stereocenters. The molecule has 2 nitrogen and oxygen atoms in total. The Morgan fingerprint density at radius 2 is 0.574 bits per heavy atom. The normalized spacial score (nSPS) is 12.6. The topological polar surface area (TPSA) is 6.48 Å². The number of hydrogen-bond acceptors (Lipinski definition) is 2. The third-order valence-electron chi connectivity index (χ3n) is 12.6. The van der Waals surface area contributed by atoms with Crippen molar-refractivity contribution in [1.82, 2.24) is 0 Å². The van der Waals surface area contributed by atoms with E-state index in [0.717, 1.165) is 34.1 Å². The molecule has 0 saturated heterocycles. The zero-order valence-electron chi connectivity index (χ0n) is 34.3. The zero-order chi connectivity index (χ0) is 40.9. The predicted molar refractivity (Wildman–Crippen MR) is 259 cm³/mol. The van der Waals surface area contributed by atoms with Gasteiger partial charge in [0.15, 0.2) is 0 Å². The summed E-state index contributed by atoms with van der Waals surface area (Å²) < 4.78 is 0. The summed E-state index contributed by atoms with van der Waals surface area (Å²) in [6.07, 6.45) is 0. The van der Waals surface area contributed by atoms with Crippen LogP contribution in [0.15, 0.2) is 231 Å². The molecule has 0 fully saturated rings. The van der Waals surface area contributed by atoms with E-state index in [2.05, 4.69) is 254 Å². The van der Waals surface area contributed by atoms with E-state index in [1.807, 2.05) is 0 Å². The lowest BCUT2D eigenvalue weighted by molar-refractivity contribution is 0.660. The number of rotatable bonds is 8. The molecular formula is C59H44N2. The summed E-state index contributed by atoms with van der Waals surface area (Å²) in [6.45, 7) is 4.77. The van der Waals surface area contributed by atoms with Gasteiger partial charge in [-0.05, 0) is 139 Å². The number of benzene rings is 10. The minimum Gasteiger partial charge on any atom is -0.310 e. The van der Waals surface area contributed by atoms with Crippen molar-refractivity contribution in [3.05, 3.63) is 242 Å². The van der Waals surface area contributed by atoms with Gasteiger partial charge in [0.2, 0.25) is 0 Å². The highest BCUT2D eigenvalue weighted by Crippen LogP contribution is 2.53. The van der Waals surface area contributed by atoms with Crippen molar-refractivity contribution in [1.29, 1.82) is 0 Å². The first-order chi connectivity index (χ1) is 30.0. The standard InChI is InChI=1S/C59H44N2/c1-59(2)57-39-53(60(49-27-21-45(22-28-49)41-13-5-3-6-14-41)50-29-23-46(24-30-50)42-15-7-4-8-16-42)33-35-55(57)56-36-34-54(40-58(56)59)61(51-31-25-43-17-9-11-19-47(43)37-51)52-32-26-44-18-10-12-20-48(44)38-52/h3-40H,1-2H3. The predicted octanol–water partition coefficient (Wildman–Crippen LogP) is 16.6. The van der Waals surface area contributed by atoms with Crippen LogP contribution in [0.2, 0.25) is 0 Å². The smallest absolute Gasteiger partial charge is 0.0468 e. The molecule has 1 aliphatic carbocycles. The maximum Gasteiger partial charge on any atom is 0.0468 e. The summed E-state index contributed by atoms with van der Waals surface area (Å²) in [5.41, 5.74) is 16.6. The van der Waals surface area contributed by atoms with Crippen molar-refractivity contribution in [3.63, 3.8) is 0 Å². The first-order valence-corrected chi connectivity index (χ1v) is 21.2. The van der Waals surface area contributed by atoms with E-state index in [4.69, 9.17) is 0 Å². The van der Waals surface area contributed by atoms with Gasteiger partial charge in [0.05, 0.1) is 0 Å². The summed E-state index contributed by atoms with van der Waals surface area (Å²) >= 11 is 0. The molecule has 0 amide bonds. The number of hydrogen-bond donors (Lipinski definition) is 0. The molecule has 10 aromatic carbocycles. The molecule has 11 rings (SSSR count). The van der Waals surface area contributed by atoms with Crippen molar-refractivity contribution < 1.29 is 0 Å². The second-order valence-corrected chi connectivity index (χ2v) is 16.6. The number of nitrogens with zero attached hydrogens (tertiary/aromatic N) is 2. The summed E-state index contributed by atoms with van der Waals surface area (Å²) in [7, 11) is 0. The minimum atomic E-state index is -0.255. The quantitative estimate of drug-likeness (QED) is 0.152.